The van der Waals surface area contributed by atoms with Crippen LogP contribution in [-0.2, 0) is 9.59 Å². The Balaban J connectivity index is 1.69. The molecule has 0 spiro atoms. The normalized spacial score (nSPS) is 34.5. The number of likely N-dealkylation sites (N-methyl/N-ethyl adjacent to an activating group) is 2. The van der Waals surface area contributed by atoms with Crippen molar-refractivity contribution in [2.75, 3.05) is 27.2 Å². The van der Waals surface area contributed by atoms with Gasteiger partial charge in [-0.2, -0.15) is 0 Å². The molecule has 2 aliphatic rings. The van der Waals surface area contributed by atoms with Gasteiger partial charge in [0.15, 0.2) is 0 Å². The summed E-state index contributed by atoms with van der Waals surface area (Å²) in [6, 6.07) is 0.296. The first-order valence-electron chi connectivity index (χ1n) is 8.29. The van der Waals surface area contributed by atoms with Crippen LogP contribution >= 0.6 is 0 Å². The van der Waals surface area contributed by atoms with Crippen LogP contribution in [0, 0.1) is 11.8 Å². The van der Waals surface area contributed by atoms with Crippen LogP contribution in [0.2, 0.25) is 0 Å². The molecule has 2 fully saturated rings. The van der Waals surface area contributed by atoms with E-state index in [4.69, 9.17) is 0 Å². The fourth-order valence-corrected chi connectivity index (χ4v) is 4.28. The van der Waals surface area contributed by atoms with E-state index in [1.807, 2.05) is 0 Å². The zero-order valence-electron chi connectivity index (χ0n) is 14.0. The number of carbonyl (C=O) groups is 2. The largest absolute Gasteiger partial charge is 0.298 e. The third kappa shape index (κ3) is 4.13. The van der Waals surface area contributed by atoms with Gasteiger partial charge in [-0.05, 0) is 65.5 Å². The van der Waals surface area contributed by atoms with Crippen molar-refractivity contribution >= 4 is 11.6 Å². The Bertz CT molecular complexity index is 360. The highest BCUT2D eigenvalue weighted by atomic mass is 16.1. The van der Waals surface area contributed by atoms with E-state index in [1.165, 1.54) is 19.3 Å². The Labute approximate surface area is 128 Å². The van der Waals surface area contributed by atoms with E-state index in [0.29, 0.717) is 23.4 Å². The second-order valence-electron chi connectivity index (χ2n) is 7.27. The fraction of sp³-hybridized carbons (Fsp3) is 0.882. The molecular weight excluding hydrogens is 264 g/mol. The molecule has 2 unspecified atom stereocenters. The van der Waals surface area contributed by atoms with Gasteiger partial charge >= 0.3 is 0 Å². The fourth-order valence-electron chi connectivity index (χ4n) is 4.28. The second-order valence-corrected chi connectivity index (χ2v) is 7.27. The molecule has 21 heavy (non-hydrogen) atoms. The van der Waals surface area contributed by atoms with Crippen molar-refractivity contribution in [3.63, 3.8) is 0 Å². The maximum atomic E-state index is 11.5. The number of hydrogen-bond acceptors (Lipinski definition) is 4. The van der Waals surface area contributed by atoms with Crippen molar-refractivity contribution in [1.82, 2.24) is 9.80 Å². The third-order valence-corrected chi connectivity index (χ3v) is 5.43. The Hall–Kier alpha value is -0.740. The molecule has 0 saturated carbocycles. The number of hydrogen-bond donors (Lipinski definition) is 0. The molecule has 0 aromatic carbocycles. The van der Waals surface area contributed by atoms with Gasteiger partial charge in [0.2, 0.25) is 0 Å². The minimum absolute atomic E-state index is 0.148. The molecular formula is C17H30N2O2. The molecule has 4 nitrogen and oxygen atoms in total. The zero-order chi connectivity index (χ0) is 15.6. The van der Waals surface area contributed by atoms with Gasteiger partial charge < -0.3 is 0 Å². The summed E-state index contributed by atoms with van der Waals surface area (Å²) in [5.74, 6) is 1.96. The smallest absolute Gasteiger partial charge is 0.146 e. The maximum absolute atomic E-state index is 11.5. The van der Waals surface area contributed by atoms with E-state index in [2.05, 4.69) is 23.9 Å². The van der Waals surface area contributed by atoms with Crippen LogP contribution in [0.3, 0.4) is 0 Å². The molecule has 2 aliphatic heterocycles. The van der Waals surface area contributed by atoms with E-state index in [1.54, 1.807) is 13.8 Å². The molecule has 0 aliphatic carbocycles. The van der Waals surface area contributed by atoms with Crippen molar-refractivity contribution in [1.29, 1.82) is 0 Å². The van der Waals surface area contributed by atoms with Gasteiger partial charge in [0.05, 0.1) is 12.1 Å². The lowest BCUT2D eigenvalue weighted by Gasteiger charge is -2.15. The van der Waals surface area contributed by atoms with Crippen molar-refractivity contribution in [3.05, 3.63) is 0 Å². The lowest BCUT2D eigenvalue weighted by Crippen LogP contribution is -2.30. The lowest BCUT2D eigenvalue weighted by molar-refractivity contribution is -0.121. The monoisotopic (exact) mass is 294 g/mol. The van der Waals surface area contributed by atoms with Crippen LogP contribution < -0.4 is 0 Å². The molecule has 2 rings (SSSR count). The number of Topliss-reactive ketones (excluding diaryl/α,β-unsaturated/α-hetero) is 2. The highest BCUT2D eigenvalue weighted by molar-refractivity contribution is 5.82. The van der Waals surface area contributed by atoms with Gasteiger partial charge in [-0.1, -0.05) is 6.42 Å². The first kappa shape index (κ1) is 16.6. The Morgan fingerprint density at radius 2 is 1.24 bits per heavy atom. The van der Waals surface area contributed by atoms with Gasteiger partial charge in [-0.25, -0.2) is 0 Å². The summed E-state index contributed by atoms with van der Waals surface area (Å²) < 4.78 is 0. The molecule has 4 atom stereocenters. The van der Waals surface area contributed by atoms with Gasteiger partial charge in [-0.15, -0.1) is 0 Å². The summed E-state index contributed by atoms with van der Waals surface area (Å²) in [5, 5.41) is 0. The van der Waals surface area contributed by atoms with Crippen LogP contribution in [0.15, 0.2) is 0 Å². The molecule has 120 valence electrons. The maximum Gasteiger partial charge on any atom is 0.146 e. The number of ketones is 2. The highest BCUT2D eigenvalue weighted by Gasteiger charge is 2.34. The van der Waals surface area contributed by atoms with Crippen LogP contribution in [0.1, 0.15) is 46.0 Å². The molecule has 0 radical (unpaired) electrons. The number of nitrogens with zero attached hydrogens (tertiary/aromatic N) is 2. The summed E-state index contributed by atoms with van der Waals surface area (Å²) in [4.78, 5) is 27.5. The first-order valence-corrected chi connectivity index (χ1v) is 8.29. The van der Waals surface area contributed by atoms with E-state index < -0.39 is 0 Å². The highest BCUT2D eigenvalue weighted by Crippen LogP contribution is 2.30. The summed E-state index contributed by atoms with van der Waals surface area (Å²) in [6.07, 6.45) is 5.74. The van der Waals surface area contributed by atoms with E-state index in [0.717, 1.165) is 25.9 Å². The summed E-state index contributed by atoms with van der Waals surface area (Å²) in [7, 11) is 4.13. The van der Waals surface area contributed by atoms with Crippen LogP contribution in [0.5, 0.6) is 0 Å². The van der Waals surface area contributed by atoms with Crippen LogP contribution in [0.25, 0.3) is 0 Å². The average molecular weight is 294 g/mol. The molecule has 4 heteroatoms. The third-order valence-electron chi connectivity index (χ3n) is 5.43. The lowest BCUT2D eigenvalue weighted by atomic mass is 9.93. The molecule has 2 saturated heterocycles. The Morgan fingerprint density at radius 3 is 1.52 bits per heavy atom. The van der Waals surface area contributed by atoms with Crippen molar-refractivity contribution in [2.24, 2.45) is 11.8 Å². The summed E-state index contributed by atoms with van der Waals surface area (Å²) in [5.41, 5.74) is 0. The minimum atomic E-state index is 0.148. The van der Waals surface area contributed by atoms with Crippen molar-refractivity contribution < 1.29 is 9.59 Å². The van der Waals surface area contributed by atoms with E-state index in [-0.39, 0.29) is 12.1 Å². The van der Waals surface area contributed by atoms with E-state index >= 15 is 0 Å². The topological polar surface area (TPSA) is 40.6 Å². The zero-order valence-corrected chi connectivity index (χ0v) is 14.0. The standard InChI is InChI=1S/C17H30N2O2/c1-12(20)16-8-14(10-18(16)3)6-5-7-15-9-17(13(2)21)19(4)11-15/h14-17H,5-11H2,1-4H3/t14?,15?,16-,17-/m0/s1. The molecule has 2 heterocycles. The Kier molecular flexibility index (Phi) is 5.55. The van der Waals surface area contributed by atoms with Crippen LogP contribution in [0.4, 0.5) is 0 Å². The first-order chi connectivity index (χ1) is 9.88. The van der Waals surface area contributed by atoms with Gasteiger partial charge in [0.25, 0.3) is 0 Å². The molecule has 0 aromatic heterocycles. The molecule has 0 aromatic rings. The number of carbonyl (C=O) groups excluding carboxylic acids is 2. The summed E-state index contributed by atoms with van der Waals surface area (Å²) in [6.45, 7) is 5.54. The van der Waals surface area contributed by atoms with Gasteiger partial charge in [0.1, 0.15) is 11.6 Å². The number of rotatable bonds is 6. The van der Waals surface area contributed by atoms with Gasteiger partial charge in [0, 0.05) is 13.1 Å². The van der Waals surface area contributed by atoms with Gasteiger partial charge in [-0.3, -0.25) is 19.4 Å². The predicted molar refractivity (Wildman–Crippen MR) is 84.3 cm³/mol. The van der Waals surface area contributed by atoms with Crippen molar-refractivity contribution in [2.45, 2.75) is 58.0 Å². The molecule has 0 N–H and O–H groups in total. The number of likely N-dealkylation sites (tertiary alicyclic amines) is 2. The molecule has 0 amide bonds. The average Bonchev–Trinajstić information content (AvgIpc) is 2.93. The second kappa shape index (κ2) is 7.01. The summed E-state index contributed by atoms with van der Waals surface area (Å²) >= 11 is 0. The SMILES string of the molecule is CC(=O)[C@@H]1CC(CCCC2C[C@@H](C(C)=O)N(C)C2)CN1C. The minimum Gasteiger partial charge on any atom is -0.298 e. The quantitative estimate of drug-likeness (QED) is 0.751. The van der Waals surface area contributed by atoms with Crippen molar-refractivity contribution in [3.8, 4) is 0 Å². The molecule has 0 bridgehead atoms. The van der Waals surface area contributed by atoms with E-state index in [9.17, 15) is 9.59 Å². The Morgan fingerprint density at radius 1 is 0.857 bits per heavy atom. The predicted octanol–water partition coefficient (Wildman–Crippen LogP) is 1.98. The van der Waals surface area contributed by atoms with Crippen LogP contribution in [-0.4, -0.2) is 60.6 Å².